The summed E-state index contributed by atoms with van der Waals surface area (Å²) in [7, 11) is 0. The second-order valence-electron chi connectivity index (χ2n) is 9.19. The topological polar surface area (TPSA) is 90.1 Å². The Bertz CT molecular complexity index is 1380. The fraction of sp³-hybridized carbons (Fsp3) is 0.321. The number of unbranched alkanes of at least 4 members (excludes halogenated alkanes) is 1. The van der Waals surface area contributed by atoms with E-state index in [1.54, 1.807) is 0 Å². The SMILES string of the molecule is CCCCc1nc(C(C)CC)n(Cc2ccc(-n3ccc(-c4ccccc4)c3-c3nnn[nH]3)cc2)n1. The van der Waals surface area contributed by atoms with Crippen LogP contribution in [0.1, 0.15) is 63.2 Å². The summed E-state index contributed by atoms with van der Waals surface area (Å²) in [5.74, 6) is 3.03. The van der Waals surface area contributed by atoms with Gasteiger partial charge in [0.15, 0.2) is 11.6 Å². The van der Waals surface area contributed by atoms with Gasteiger partial charge in [0.1, 0.15) is 11.5 Å². The molecule has 0 saturated heterocycles. The minimum absolute atomic E-state index is 0.376. The Kier molecular flexibility index (Phi) is 7.02. The van der Waals surface area contributed by atoms with E-state index in [0.717, 1.165) is 59.8 Å². The minimum atomic E-state index is 0.376. The van der Waals surface area contributed by atoms with Gasteiger partial charge >= 0.3 is 0 Å². The summed E-state index contributed by atoms with van der Waals surface area (Å²) >= 11 is 0. The number of tetrazole rings is 1. The second kappa shape index (κ2) is 10.7. The van der Waals surface area contributed by atoms with E-state index in [2.05, 4.69) is 99.3 Å². The van der Waals surface area contributed by atoms with Gasteiger partial charge in [0.05, 0.1) is 6.54 Å². The maximum absolute atomic E-state index is 4.88. The first-order chi connectivity index (χ1) is 17.7. The lowest BCUT2D eigenvalue weighted by Gasteiger charge is -2.12. The summed E-state index contributed by atoms with van der Waals surface area (Å²) in [6.07, 6.45) is 6.30. The minimum Gasteiger partial charge on any atom is -0.313 e. The molecule has 5 aromatic rings. The number of benzene rings is 2. The van der Waals surface area contributed by atoms with Gasteiger partial charge in [-0.3, -0.25) is 0 Å². The van der Waals surface area contributed by atoms with Crippen LogP contribution in [0.25, 0.3) is 28.3 Å². The van der Waals surface area contributed by atoms with Gasteiger partial charge in [-0.1, -0.05) is 69.7 Å². The van der Waals surface area contributed by atoms with E-state index in [1.807, 2.05) is 18.2 Å². The molecule has 0 spiro atoms. The molecule has 8 heteroatoms. The van der Waals surface area contributed by atoms with Crippen molar-refractivity contribution in [1.29, 1.82) is 0 Å². The lowest BCUT2D eigenvalue weighted by atomic mass is 10.1. The van der Waals surface area contributed by atoms with Gasteiger partial charge < -0.3 is 4.57 Å². The molecule has 3 aromatic heterocycles. The number of nitrogens with one attached hydrogen (secondary N) is 1. The molecule has 2 aromatic carbocycles. The number of nitrogens with zero attached hydrogens (tertiary/aromatic N) is 7. The van der Waals surface area contributed by atoms with Crippen LogP contribution in [-0.4, -0.2) is 40.0 Å². The Hall–Kier alpha value is -4.07. The zero-order valence-corrected chi connectivity index (χ0v) is 21.1. The monoisotopic (exact) mass is 480 g/mol. The molecule has 1 atom stereocenters. The molecule has 184 valence electrons. The molecular weight excluding hydrogens is 448 g/mol. The molecule has 8 nitrogen and oxygen atoms in total. The predicted molar refractivity (Wildman–Crippen MR) is 141 cm³/mol. The number of hydrogen-bond donors (Lipinski definition) is 1. The van der Waals surface area contributed by atoms with Crippen LogP contribution in [0.2, 0.25) is 0 Å². The van der Waals surface area contributed by atoms with Crippen molar-refractivity contribution >= 4 is 0 Å². The lowest BCUT2D eigenvalue weighted by molar-refractivity contribution is 0.574. The van der Waals surface area contributed by atoms with Gasteiger partial charge in [-0.15, -0.1) is 5.10 Å². The molecule has 36 heavy (non-hydrogen) atoms. The van der Waals surface area contributed by atoms with Crippen LogP contribution < -0.4 is 0 Å². The van der Waals surface area contributed by atoms with Gasteiger partial charge in [0.25, 0.3) is 0 Å². The highest BCUT2D eigenvalue weighted by Gasteiger charge is 2.18. The summed E-state index contributed by atoms with van der Waals surface area (Å²) < 4.78 is 4.21. The molecule has 0 aliphatic heterocycles. The highest BCUT2D eigenvalue weighted by molar-refractivity contribution is 5.80. The van der Waals surface area contributed by atoms with Gasteiger partial charge in [-0.25, -0.2) is 14.8 Å². The Morgan fingerprint density at radius 2 is 1.78 bits per heavy atom. The molecule has 0 aliphatic rings. The molecule has 3 heterocycles. The largest absolute Gasteiger partial charge is 0.313 e. The van der Waals surface area contributed by atoms with Gasteiger partial charge in [0, 0.05) is 29.8 Å². The molecule has 0 bridgehead atoms. The third-order valence-electron chi connectivity index (χ3n) is 6.64. The summed E-state index contributed by atoms with van der Waals surface area (Å²) in [6, 6.07) is 21.0. The third kappa shape index (κ3) is 4.84. The van der Waals surface area contributed by atoms with E-state index >= 15 is 0 Å². The molecule has 0 fully saturated rings. The highest BCUT2D eigenvalue weighted by atomic mass is 15.5. The smallest absolute Gasteiger partial charge is 0.197 e. The van der Waals surface area contributed by atoms with E-state index in [-0.39, 0.29) is 0 Å². The molecule has 0 radical (unpaired) electrons. The van der Waals surface area contributed by atoms with Crippen LogP contribution in [0.3, 0.4) is 0 Å². The van der Waals surface area contributed by atoms with Gasteiger partial charge in [0.2, 0.25) is 0 Å². The second-order valence-corrected chi connectivity index (χ2v) is 9.19. The van der Waals surface area contributed by atoms with Crippen molar-refractivity contribution in [1.82, 2.24) is 40.0 Å². The first kappa shape index (κ1) is 23.7. The maximum Gasteiger partial charge on any atom is 0.197 e. The standard InChI is InChI=1S/C28H32N8/c1-4-6-12-25-29-28(20(3)5-2)36(32-25)19-21-13-15-23(16-14-21)35-18-17-24(22-10-8-7-9-11-22)26(35)27-30-33-34-31-27/h7-11,13-18,20H,4-6,12,19H2,1-3H3,(H,30,31,33,34). The van der Waals surface area contributed by atoms with Crippen molar-refractivity contribution in [2.75, 3.05) is 0 Å². The summed E-state index contributed by atoms with van der Waals surface area (Å²) in [4.78, 5) is 4.88. The molecule has 0 aliphatic carbocycles. The number of hydrogen-bond acceptors (Lipinski definition) is 5. The number of aryl methyl sites for hydroxylation is 1. The van der Waals surface area contributed by atoms with E-state index in [0.29, 0.717) is 18.3 Å². The van der Waals surface area contributed by atoms with Crippen molar-refractivity contribution in [2.45, 2.75) is 58.9 Å². The van der Waals surface area contributed by atoms with E-state index in [1.165, 1.54) is 5.56 Å². The van der Waals surface area contributed by atoms with Crippen molar-refractivity contribution in [3.8, 4) is 28.3 Å². The van der Waals surface area contributed by atoms with E-state index in [9.17, 15) is 0 Å². The molecule has 5 rings (SSSR count). The maximum atomic E-state index is 4.88. The zero-order valence-electron chi connectivity index (χ0n) is 21.1. The van der Waals surface area contributed by atoms with Crippen molar-refractivity contribution in [3.63, 3.8) is 0 Å². The molecule has 0 saturated carbocycles. The zero-order chi connectivity index (χ0) is 24.9. The van der Waals surface area contributed by atoms with E-state index in [4.69, 9.17) is 10.1 Å². The Balaban J connectivity index is 1.45. The Morgan fingerprint density at radius 1 is 0.972 bits per heavy atom. The quantitative estimate of drug-likeness (QED) is 0.272. The molecule has 1 unspecified atom stereocenters. The summed E-state index contributed by atoms with van der Waals surface area (Å²) in [6.45, 7) is 7.33. The van der Waals surface area contributed by atoms with Gasteiger partial charge in [-0.05, 0) is 52.6 Å². The fourth-order valence-electron chi connectivity index (χ4n) is 4.44. The first-order valence-corrected chi connectivity index (χ1v) is 12.7. The van der Waals surface area contributed by atoms with Crippen LogP contribution in [0.15, 0.2) is 66.9 Å². The number of H-pyrrole nitrogens is 1. The average Bonchev–Trinajstić information content (AvgIpc) is 3.68. The Labute approximate surface area is 211 Å². The normalized spacial score (nSPS) is 12.2. The van der Waals surface area contributed by atoms with Crippen molar-refractivity contribution in [2.24, 2.45) is 0 Å². The Morgan fingerprint density at radius 3 is 2.47 bits per heavy atom. The van der Waals surface area contributed by atoms with Crippen LogP contribution in [0.4, 0.5) is 0 Å². The number of aromatic amines is 1. The highest BCUT2D eigenvalue weighted by Crippen LogP contribution is 2.33. The average molecular weight is 481 g/mol. The lowest BCUT2D eigenvalue weighted by Crippen LogP contribution is -2.09. The summed E-state index contributed by atoms with van der Waals surface area (Å²) in [5, 5.41) is 19.6. The number of aromatic nitrogens is 8. The first-order valence-electron chi connectivity index (χ1n) is 12.7. The third-order valence-corrected chi connectivity index (χ3v) is 6.64. The molecule has 1 N–H and O–H groups in total. The van der Waals surface area contributed by atoms with E-state index < -0.39 is 0 Å². The van der Waals surface area contributed by atoms with Crippen molar-refractivity contribution in [3.05, 3.63) is 84.1 Å². The summed E-state index contributed by atoms with van der Waals surface area (Å²) in [5.41, 5.74) is 5.33. The van der Waals surface area contributed by atoms with Gasteiger partial charge in [-0.2, -0.15) is 5.10 Å². The van der Waals surface area contributed by atoms with Crippen LogP contribution in [0, 0.1) is 0 Å². The van der Waals surface area contributed by atoms with Crippen LogP contribution in [0.5, 0.6) is 0 Å². The molecule has 0 amide bonds. The molecular formula is C28H32N8. The van der Waals surface area contributed by atoms with Crippen LogP contribution in [-0.2, 0) is 13.0 Å². The fourth-order valence-corrected chi connectivity index (χ4v) is 4.44. The van der Waals surface area contributed by atoms with Crippen LogP contribution >= 0.6 is 0 Å². The predicted octanol–water partition coefficient (Wildman–Crippen LogP) is 5.82. The van der Waals surface area contributed by atoms with Crippen molar-refractivity contribution < 1.29 is 0 Å². The number of rotatable bonds is 10.